The van der Waals surface area contributed by atoms with Gasteiger partial charge in [-0.3, -0.25) is 0 Å². The Hall–Kier alpha value is -3.13. The summed E-state index contributed by atoms with van der Waals surface area (Å²) in [5.41, 5.74) is 0.774. The molecule has 1 aromatic rings. The second kappa shape index (κ2) is 14.3. The van der Waals surface area contributed by atoms with Gasteiger partial charge in [-0.25, -0.2) is 4.79 Å². The average molecular weight is 655 g/mol. The summed E-state index contributed by atoms with van der Waals surface area (Å²) in [6, 6.07) is 3.89. The van der Waals surface area contributed by atoms with Gasteiger partial charge >= 0.3 is 5.97 Å². The summed E-state index contributed by atoms with van der Waals surface area (Å²) >= 11 is 0. The maximum absolute atomic E-state index is 12.6. The number of esters is 1. The fraction of sp³-hybridized carbons (Fsp3) is 0.567. The number of phenolic OH excluding ortho intramolecular Hbond substituents is 2. The molecule has 14 atom stereocenters. The van der Waals surface area contributed by atoms with Crippen LogP contribution in [0.4, 0.5) is 0 Å². The highest BCUT2D eigenvalue weighted by atomic mass is 16.8. The maximum Gasteiger partial charge on any atom is 0.331 e. The molecule has 1 aliphatic carbocycles. The minimum atomic E-state index is -1.69. The zero-order chi connectivity index (χ0) is 33.3. The van der Waals surface area contributed by atoms with Crippen molar-refractivity contribution in [1.29, 1.82) is 0 Å². The van der Waals surface area contributed by atoms with E-state index in [1.807, 2.05) is 0 Å². The number of carbonyl (C=O) groups is 1. The van der Waals surface area contributed by atoms with Gasteiger partial charge in [-0.1, -0.05) is 12.1 Å². The van der Waals surface area contributed by atoms with Gasteiger partial charge in [0.15, 0.2) is 30.2 Å². The van der Waals surface area contributed by atoms with Crippen LogP contribution in [0.25, 0.3) is 6.08 Å². The van der Waals surface area contributed by atoms with Crippen LogP contribution in [-0.4, -0.2) is 139 Å². The number of aliphatic hydroxyl groups excluding tert-OH is 7. The monoisotopic (exact) mass is 654 g/mol. The van der Waals surface area contributed by atoms with Crippen LogP contribution in [0.5, 0.6) is 11.5 Å². The van der Waals surface area contributed by atoms with Crippen LogP contribution in [-0.2, 0) is 33.2 Å². The Morgan fingerprint density at radius 2 is 1.63 bits per heavy atom. The topological polar surface area (TPSA) is 255 Å². The Balaban J connectivity index is 1.26. The van der Waals surface area contributed by atoms with E-state index in [4.69, 9.17) is 28.4 Å². The van der Waals surface area contributed by atoms with E-state index in [1.165, 1.54) is 37.5 Å². The minimum absolute atomic E-state index is 0.337. The number of benzene rings is 1. The van der Waals surface area contributed by atoms with Crippen molar-refractivity contribution in [3.8, 4) is 11.5 Å². The highest BCUT2D eigenvalue weighted by Gasteiger charge is 2.52. The Morgan fingerprint density at radius 1 is 0.891 bits per heavy atom. The van der Waals surface area contributed by atoms with E-state index in [0.717, 1.165) is 6.08 Å². The molecule has 0 spiro atoms. The van der Waals surface area contributed by atoms with Crippen molar-refractivity contribution < 1.29 is 79.2 Å². The number of carbonyl (C=O) groups excluding carboxylic acids is 1. The lowest BCUT2D eigenvalue weighted by Crippen LogP contribution is -2.60. The Labute approximate surface area is 262 Å². The van der Waals surface area contributed by atoms with Gasteiger partial charge in [0.2, 0.25) is 6.29 Å². The van der Waals surface area contributed by atoms with Crippen LogP contribution in [0.2, 0.25) is 0 Å². The third-order valence-corrected chi connectivity index (χ3v) is 8.44. The summed E-state index contributed by atoms with van der Waals surface area (Å²) in [5, 5.41) is 91.1. The predicted molar refractivity (Wildman–Crippen MR) is 151 cm³/mol. The minimum Gasteiger partial charge on any atom is -0.504 e. The first-order valence-corrected chi connectivity index (χ1v) is 14.6. The first-order valence-electron chi connectivity index (χ1n) is 14.6. The van der Waals surface area contributed by atoms with Crippen LogP contribution in [0.15, 0.2) is 48.3 Å². The van der Waals surface area contributed by atoms with E-state index in [2.05, 4.69) is 0 Å². The fourth-order valence-electron chi connectivity index (χ4n) is 5.87. The smallest absolute Gasteiger partial charge is 0.331 e. The van der Waals surface area contributed by atoms with Crippen molar-refractivity contribution >= 4 is 12.0 Å². The first kappa shape index (κ1) is 34.2. The second-order valence-electron chi connectivity index (χ2n) is 11.4. The highest BCUT2D eigenvalue weighted by molar-refractivity contribution is 5.87. The number of fused-ring (bicyclic) bond motifs is 1. The lowest BCUT2D eigenvalue weighted by molar-refractivity contribution is -0.341. The number of rotatable bonds is 9. The van der Waals surface area contributed by atoms with E-state index < -0.39 is 111 Å². The molecule has 16 nitrogen and oxygen atoms in total. The van der Waals surface area contributed by atoms with Crippen LogP contribution < -0.4 is 0 Å². The van der Waals surface area contributed by atoms with Gasteiger partial charge < -0.3 is 74.4 Å². The molecule has 254 valence electrons. The molecule has 2 saturated heterocycles. The van der Waals surface area contributed by atoms with E-state index in [1.54, 1.807) is 12.2 Å². The second-order valence-corrected chi connectivity index (χ2v) is 11.4. The van der Waals surface area contributed by atoms with Gasteiger partial charge in [-0.05, 0) is 42.3 Å². The van der Waals surface area contributed by atoms with E-state index in [-0.39, 0.29) is 5.75 Å². The summed E-state index contributed by atoms with van der Waals surface area (Å²) < 4.78 is 34.0. The summed E-state index contributed by atoms with van der Waals surface area (Å²) in [6.45, 7) is 0.377. The number of aromatic hydroxyl groups is 2. The van der Waals surface area contributed by atoms with E-state index >= 15 is 0 Å². The molecule has 0 amide bonds. The molecule has 3 heterocycles. The molecule has 0 unspecified atom stereocenters. The van der Waals surface area contributed by atoms with Crippen LogP contribution in [0.3, 0.4) is 0 Å². The first-order chi connectivity index (χ1) is 21.9. The molecule has 1 aromatic carbocycles. The Kier molecular flexibility index (Phi) is 10.7. The number of hydrogen-bond donors (Lipinski definition) is 9. The van der Waals surface area contributed by atoms with Gasteiger partial charge in [0.25, 0.3) is 0 Å². The molecular formula is C30H38O16. The molecule has 5 rings (SSSR count). The third kappa shape index (κ3) is 6.92. The SMILES string of the molecule is C[C@@H]1O[C@@H](O[C@@H]2C=C(CO)[C@H]3[C@H](O[C@@H]4O[C@H](CO)[C@@H](O)[C@H](O)[C@H]4O)OC=C[C@H]32)[C@H](O)[C@H](OC(=O)/C=C/c2ccc(O)c(O)c2)[C@H]1O. The summed E-state index contributed by atoms with van der Waals surface area (Å²) in [7, 11) is 0. The van der Waals surface area contributed by atoms with Crippen molar-refractivity contribution in [1.82, 2.24) is 0 Å². The molecule has 0 saturated carbocycles. The molecule has 0 bridgehead atoms. The van der Waals surface area contributed by atoms with Crippen LogP contribution in [0, 0.1) is 11.8 Å². The van der Waals surface area contributed by atoms with Gasteiger partial charge in [0.1, 0.15) is 36.6 Å². The van der Waals surface area contributed by atoms with Crippen LogP contribution in [0.1, 0.15) is 12.5 Å². The zero-order valence-electron chi connectivity index (χ0n) is 24.5. The predicted octanol–water partition coefficient (Wildman–Crippen LogP) is -2.27. The molecule has 0 radical (unpaired) electrons. The average Bonchev–Trinajstić information content (AvgIpc) is 3.40. The Morgan fingerprint density at radius 3 is 2.33 bits per heavy atom. The zero-order valence-corrected chi connectivity index (χ0v) is 24.5. The van der Waals surface area contributed by atoms with Gasteiger partial charge in [-0.15, -0.1) is 0 Å². The highest BCUT2D eigenvalue weighted by Crippen LogP contribution is 2.43. The van der Waals surface area contributed by atoms with E-state index in [0.29, 0.717) is 11.1 Å². The lowest BCUT2D eigenvalue weighted by Gasteiger charge is -2.43. The van der Waals surface area contributed by atoms with Crippen molar-refractivity contribution in [2.24, 2.45) is 11.8 Å². The van der Waals surface area contributed by atoms with Gasteiger partial charge in [0.05, 0.1) is 37.6 Å². The van der Waals surface area contributed by atoms with Crippen molar-refractivity contribution in [2.45, 2.75) is 80.7 Å². The normalized spacial score (nSPS) is 40.7. The quantitative estimate of drug-likeness (QED) is 0.0589. The van der Waals surface area contributed by atoms with Crippen molar-refractivity contribution in [2.75, 3.05) is 13.2 Å². The molecule has 2 fully saturated rings. The standard InChI is InChI=1S/C30H38O16/c1-12-22(36)27(45-20(35)5-3-13-2-4-16(33)17(34)8-13)26(40)30(42-12)43-18-9-14(10-31)21-15(18)6-7-41-28(21)46-29-25(39)24(38)23(37)19(11-32)44-29/h2-9,12,15,18-19,21-34,36-40H,10-11H2,1H3/b5-3+/t12-,15-,18+,19+,21+,22-,23+,24-,25+,26+,27+,28-,29-,30-/m0/s1. The third-order valence-electron chi connectivity index (χ3n) is 8.44. The summed E-state index contributed by atoms with van der Waals surface area (Å²) in [4.78, 5) is 12.6. The van der Waals surface area contributed by atoms with Crippen LogP contribution >= 0.6 is 0 Å². The Bertz CT molecular complexity index is 1310. The van der Waals surface area contributed by atoms with Gasteiger partial charge in [-0.2, -0.15) is 0 Å². The molecule has 46 heavy (non-hydrogen) atoms. The number of phenols is 2. The molecule has 3 aliphatic heterocycles. The molecule has 16 heteroatoms. The number of hydrogen-bond acceptors (Lipinski definition) is 16. The lowest BCUT2D eigenvalue weighted by atomic mass is 9.88. The van der Waals surface area contributed by atoms with Crippen molar-refractivity contribution in [3.05, 3.63) is 53.8 Å². The molecule has 0 aromatic heterocycles. The summed E-state index contributed by atoms with van der Waals surface area (Å²) in [6.07, 6.45) is -9.82. The van der Waals surface area contributed by atoms with Gasteiger partial charge in [0, 0.05) is 12.0 Å². The number of ether oxygens (including phenoxy) is 6. The van der Waals surface area contributed by atoms with E-state index in [9.17, 15) is 50.8 Å². The molecule has 9 N–H and O–H groups in total. The fourth-order valence-corrected chi connectivity index (χ4v) is 5.87. The largest absolute Gasteiger partial charge is 0.504 e. The molecule has 4 aliphatic rings. The molecular weight excluding hydrogens is 616 g/mol. The maximum atomic E-state index is 12.6. The number of aliphatic hydroxyl groups is 7. The summed E-state index contributed by atoms with van der Waals surface area (Å²) in [5.74, 6) is -2.94. The van der Waals surface area contributed by atoms with Crippen molar-refractivity contribution in [3.63, 3.8) is 0 Å².